The Kier molecular flexibility index (Phi) is 1.14. The highest BCUT2D eigenvalue weighted by atomic mass is 16.1. The zero-order chi connectivity index (χ0) is 9.19. The van der Waals surface area contributed by atoms with Crippen molar-refractivity contribution in [1.82, 2.24) is 4.90 Å². The predicted molar refractivity (Wildman–Crippen MR) is 35.7 cm³/mol. The van der Waals surface area contributed by atoms with E-state index >= 15 is 0 Å². The lowest BCUT2D eigenvalue weighted by molar-refractivity contribution is 0.253. The van der Waals surface area contributed by atoms with Gasteiger partial charge in [0.2, 0.25) is 0 Å². The molecular weight excluding hydrogens is 114 g/mol. The Morgan fingerprint density at radius 2 is 2.67 bits per heavy atom. The van der Waals surface area contributed by atoms with Gasteiger partial charge in [-0.25, -0.2) is 0 Å². The number of rotatable bonds is 3. The lowest BCUT2D eigenvalue weighted by atomic mass is 9.85. The van der Waals surface area contributed by atoms with Gasteiger partial charge >= 0.3 is 6.41 Å². The molecule has 0 heterocycles. The standard InChI is InChI=1S/C7H12NO/c1-8(6-9)5-7-3-2-4-7/h7H,2-5H2,1H3/i1D3. The molecule has 0 saturated heterocycles. The van der Waals surface area contributed by atoms with Gasteiger partial charge in [-0.2, -0.15) is 0 Å². The summed E-state index contributed by atoms with van der Waals surface area (Å²) in [7, 11) is 0. The van der Waals surface area contributed by atoms with Crippen LogP contribution in [0.3, 0.4) is 0 Å². The summed E-state index contributed by atoms with van der Waals surface area (Å²) in [5.41, 5.74) is 0. The zero-order valence-corrected chi connectivity index (χ0v) is 5.26. The van der Waals surface area contributed by atoms with E-state index in [2.05, 4.69) is 0 Å². The third-order valence-corrected chi connectivity index (χ3v) is 1.78. The van der Waals surface area contributed by atoms with E-state index in [0.717, 1.165) is 24.2 Å². The highest BCUT2D eigenvalue weighted by molar-refractivity contribution is 5.47. The van der Waals surface area contributed by atoms with Crippen LogP contribution < -0.4 is 0 Å². The molecule has 2 nitrogen and oxygen atoms in total. The van der Waals surface area contributed by atoms with E-state index in [0.29, 0.717) is 12.5 Å². The summed E-state index contributed by atoms with van der Waals surface area (Å²) >= 11 is 0. The molecule has 0 aromatic carbocycles. The summed E-state index contributed by atoms with van der Waals surface area (Å²) in [6.45, 7) is -1.97. The second kappa shape index (κ2) is 2.85. The maximum absolute atomic E-state index is 10.3. The fourth-order valence-corrected chi connectivity index (χ4v) is 0.971. The van der Waals surface area contributed by atoms with Crippen LogP contribution in [0.1, 0.15) is 23.4 Å². The van der Waals surface area contributed by atoms with E-state index in [1.165, 1.54) is 6.41 Å². The van der Waals surface area contributed by atoms with Crippen molar-refractivity contribution in [2.45, 2.75) is 19.3 Å². The van der Waals surface area contributed by atoms with Gasteiger partial charge in [0.25, 0.3) is 0 Å². The Morgan fingerprint density at radius 1 is 1.89 bits per heavy atom. The highest BCUT2D eigenvalue weighted by Crippen LogP contribution is 2.26. The molecule has 0 aromatic heterocycles. The minimum Gasteiger partial charge on any atom is -0.337 e. The minimum atomic E-state index is -2.31. The molecule has 0 N–H and O–H groups in total. The number of carbonyl (C=O) groups excluding carboxylic acids is 1. The fourth-order valence-electron chi connectivity index (χ4n) is 0.971. The van der Waals surface area contributed by atoms with Crippen LogP contribution in [0.2, 0.25) is 0 Å². The van der Waals surface area contributed by atoms with E-state index in [-0.39, 0.29) is 0 Å². The van der Waals surface area contributed by atoms with Gasteiger partial charge in [0, 0.05) is 17.6 Å². The molecule has 1 aliphatic rings. The van der Waals surface area contributed by atoms with Crippen LogP contribution in [-0.2, 0) is 4.79 Å². The maximum Gasteiger partial charge on any atom is 0.311 e. The molecule has 1 radical (unpaired) electrons. The van der Waals surface area contributed by atoms with Crippen LogP contribution in [0.15, 0.2) is 0 Å². The first kappa shape index (κ1) is 3.59. The average molecular weight is 129 g/mol. The molecule has 1 amide bonds. The summed E-state index contributed by atoms with van der Waals surface area (Å²) < 4.78 is 20.9. The van der Waals surface area contributed by atoms with Crippen molar-refractivity contribution in [1.29, 1.82) is 0 Å². The molecule has 1 rings (SSSR count). The normalized spacial score (nSPS) is 25.1. The molecule has 0 bridgehead atoms. The maximum atomic E-state index is 10.3. The van der Waals surface area contributed by atoms with Crippen molar-refractivity contribution in [2.75, 3.05) is 13.5 Å². The zero-order valence-electron chi connectivity index (χ0n) is 8.26. The summed E-state index contributed by atoms with van der Waals surface area (Å²) in [5.74, 6) is 0.381. The number of hydrogen-bond donors (Lipinski definition) is 0. The predicted octanol–water partition coefficient (Wildman–Crippen LogP) is 0.785. The summed E-state index contributed by atoms with van der Waals surface area (Å²) in [5, 5.41) is 0. The Balaban J connectivity index is 2.39. The van der Waals surface area contributed by atoms with Gasteiger partial charge in [0.15, 0.2) is 0 Å². The van der Waals surface area contributed by atoms with Crippen molar-refractivity contribution in [2.24, 2.45) is 5.92 Å². The second-order valence-electron chi connectivity index (χ2n) is 2.50. The van der Waals surface area contributed by atoms with Crippen LogP contribution in [0, 0.1) is 5.92 Å². The van der Waals surface area contributed by atoms with Crippen molar-refractivity contribution in [3.8, 4) is 0 Å². The third kappa shape index (κ3) is 1.70. The van der Waals surface area contributed by atoms with Crippen LogP contribution in [-0.4, -0.2) is 24.8 Å². The largest absolute Gasteiger partial charge is 0.337 e. The number of hydrogen-bond acceptors (Lipinski definition) is 1. The Hall–Kier alpha value is -0.530. The number of amides is 1. The molecule has 1 fully saturated rings. The fraction of sp³-hybridized carbons (Fsp3) is 0.857. The smallest absolute Gasteiger partial charge is 0.311 e. The molecule has 1 aliphatic carbocycles. The Labute approximate surface area is 60.1 Å². The van der Waals surface area contributed by atoms with Gasteiger partial charge < -0.3 is 4.90 Å². The molecule has 1 saturated carbocycles. The second-order valence-corrected chi connectivity index (χ2v) is 2.50. The van der Waals surface area contributed by atoms with E-state index in [9.17, 15) is 4.79 Å². The molecule has 0 spiro atoms. The first-order valence-corrected chi connectivity index (χ1v) is 3.19. The molecule has 2 heteroatoms. The summed E-state index contributed by atoms with van der Waals surface area (Å²) in [4.78, 5) is 11.1. The van der Waals surface area contributed by atoms with Crippen LogP contribution >= 0.6 is 0 Å². The van der Waals surface area contributed by atoms with Gasteiger partial charge in [-0.05, 0) is 18.8 Å². The van der Waals surface area contributed by atoms with Crippen molar-refractivity contribution in [3.05, 3.63) is 0 Å². The van der Waals surface area contributed by atoms with Crippen LogP contribution in [0.25, 0.3) is 0 Å². The monoisotopic (exact) mass is 129 g/mol. The van der Waals surface area contributed by atoms with Gasteiger partial charge in [-0.15, -0.1) is 0 Å². The quantitative estimate of drug-likeness (QED) is 0.516. The third-order valence-electron chi connectivity index (χ3n) is 1.78. The van der Waals surface area contributed by atoms with Crippen molar-refractivity contribution in [3.63, 3.8) is 0 Å². The first-order valence-electron chi connectivity index (χ1n) is 4.69. The van der Waals surface area contributed by atoms with Crippen LogP contribution in [0.5, 0.6) is 0 Å². The lowest BCUT2D eigenvalue weighted by Gasteiger charge is -2.27. The Morgan fingerprint density at radius 3 is 3.00 bits per heavy atom. The topological polar surface area (TPSA) is 20.3 Å². The molecule has 0 aliphatic heterocycles. The number of nitrogens with zero attached hydrogens (tertiary/aromatic N) is 1. The molecule has 9 heavy (non-hydrogen) atoms. The first-order chi connectivity index (χ1) is 5.54. The summed E-state index contributed by atoms with van der Waals surface area (Å²) in [6.07, 6.45) is 4.69. The molecule has 0 atom stereocenters. The van der Waals surface area contributed by atoms with Gasteiger partial charge in [-0.3, -0.25) is 4.79 Å². The molecule has 51 valence electrons. The molecular formula is C7H12NO. The van der Waals surface area contributed by atoms with E-state index in [4.69, 9.17) is 4.11 Å². The molecule has 0 aromatic rings. The van der Waals surface area contributed by atoms with E-state index in [1.54, 1.807) is 0 Å². The van der Waals surface area contributed by atoms with Crippen molar-refractivity contribution >= 4 is 6.41 Å². The van der Waals surface area contributed by atoms with Crippen molar-refractivity contribution < 1.29 is 8.91 Å². The summed E-state index contributed by atoms with van der Waals surface area (Å²) in [6, 6.07) is 0. The lowest BCUT2D eigenvalue weighted by Crippen LogP contribution is -2.28. The van der Waals surface area contributed by atoms with Gasteiger partial charge in [0.1, 0.15) is 0 Å². The molecule has 0 unspecified atom stereocenters. The SMILES string of the molecule is [2H]C([2H])([2H])N([C]=O)CC1CCC1. The van der Waals surface area contributed by atoms with E-state index in [1.807, 2.05) is 0 Å². The van der Waals surface area contributed by atoms with E-state index < -0.39 is 6.98 Å². The van der Waals surface area contributed by atoms with Gasteiger partial charge in [-0.1, -0.05) is 6.42 Å². The van der Waals surface area contributed by atoms with Crippen LogP contribution in [0.4, 0.5) is 0 Å². The Bertz CT molecular complexity index is 165. The minimum absolute atomic E-state index is 0.333. The average Bonchev–Trinajstić information content (AvgIpc) is 1.82. The van der Waals surface area contributed by atoms with Gasteiger partial charge in [0.05, 0.1) is 0 Å². The highest BCUT2D eigenvalue weighted by Gasteiger charge is 2.18.